The number of benzene rings is 2. The average Bonchev–Trinajstić information content (AvgIpc) is 2.52. The summed E-state index contributed by atoms with van der Waals surface area (Å²) in [7, 11) is 0. The molecule has 1 heteroatoms. The maximum Gasteiger partial charge on any atom is 0.0207 e. The Balaban J connectivity index is 2.01. The van der Waals surface area contributed by atoms with E-state index in [1.807, 2.05) is 0 Å². The summed E-state index contributed by atoms with van der Waals surface area (Å²) < 4.78 is 0. The topological polar surface area (TPSA) is 12.0 Å². The van der Waals surface area contributed by atoms with Crippen LogP contribution >= 0.6 is 0 Å². The van der Waals surface area contributed by atoms with Gasteiger partial charge in [0.2, 0.25) is 0 Å². The Hall–Kier alpha value is -1.60. The van der Waals surface area contributed by atoms with Crippen LogP contribution in [0.5, 0.6) is 0 Å². The van der Waals surface area contributed by atoms with Crippen LogP contribution in [0.25, 0.3) is 11.1 Å². The molecule has 0 aromatic heterocycles. The van der Waals surface area contributed by atoms with Gasteiger partial charge in [0.25, 0.3) is 0 Å². The third kappa shape index (κ3) is 5.02. The molecular formula is C20H27N. The second-order valence-electron chi connectivity index (χ2n) is 6.03. The predicted octanol–water partition coefficient (Wildman–Crippen LogP) is 5.19. The maximum atomic E-state index is 3.45. The van der Waals surface area contributed by atoms with Crippen LogP contribution in [0.1, 0.15) is 44.7 Å². The molecule has 0 atom stereocenters. The van der Waals surface area contributed by atoms with Crippen LogP contribution in [0.2, 0.25) is 0 Å². The van der Waals surface area contributed by atoms with Gasteiger partial charge in [-0.3, -0.25) is 0 Å². The molecule has 0 aliphatic rings. The van der Waals surface area contributed by atoms with E-state index in [2.05, 4.69) is 74.6 Å². The van der Waals surface area contributed by atoms with Crippen molar-refractivity contribution in [2.45, 2.75) is 52.6 Å². The molecule has 2 aromatic carbocycles. The van der Waals surface area contributed by atoms with E-state index in [9.17, 15) is 0 Å². The Bertz CT molecular complexity index is 523. The van der Waals surface area contributed by atoms with Gasteiger partial charge in [0.1, 0.15) is 0 Å². The second kappa shape index (κ2) is 7.99. The number of aryl methyl sites for hydroxylation is 1. The van der Waals surface area contributed by atoms with Crippen molar-refractivity contribution in [1.82, 2.24) is 5.32 Å². The molecule has 0 bridgehead atoms. The van der Waals surface area contributed by atoms with Gasteiger partial charge in [-0.15, -0.1) is 0 Å². The first-order valence-electron chi connectivity index (χ1n) is 8.10. The lowest BCUT2D eigenvalue weighted by Gasteiger charge is -2.09. The largest absolute Gasteiger partial charge is 0.310 e. The van der Waals surface area contributed by atoms with Gasteiger partial charge >= 0.3 is 0 Å². The van der Waals surface area contributed by atoms with E-state index in [-0.39, 0.29) is 0 Å². The third-order valence-corrected chi connectivity index (χ3v) is 3.77. The molecule has 21 heavy (non-hydrogen) atoms. The van der Waals surface area contributed by atoms with Gasteiger partial charge in [-0.05, 0) is 35.1 Å². The Morgan fingerprint density at radius 1 is 0.810 bits per heavy atom. The zero-order chi connectivity index (χ0) is 15.1. The van der Waals surface area contributed by atoms with Crippen molar-refractivity contribution >= 4 is 0 Å². The van der Waals surface area contributed by atoms with Crippen LogP contribution < -0.4 is 5.32 Å². The van der Waals surface area contributed by atoms with Crippen molar-refractivity contribution in [1.29, 1.82) is 0 Å². The smallest absolute Gasteiger partial charge is 0.0207 e. The SMILES string of the molecule is CCCCc1ccc(-c2ccc(CNC(C)C)cc2)cc1. The highest BCUT2D eigenvalue weighted by atomic mass is 14.9. The summed E-state index contributed by atoms with van der Waals surface area (Å²) in [6.07, 6.45) is 3.72. The van der Waals surface area contributed by atoms with Crippen LogP contribution in [0.3, 0.4) is 0 Å². The molecule has 1 nitrogen and oxygen atoms in total. The first-order valence-corrected chi connectivity index (χ1v) is 8.10. The molecule has 2 aromatic rings. The lowest BCUT2D eigenvalue weighted by molar-refractivity contribution is 0.589. The zero-order valence-corrected chi connectivity index (χ0v) is 13.5. The molecule has 1 N–H and O–H groups in total. The van der Waals surface area contributed by atoms with E-state index in [0.717, 1.165) is 6.54 Å². The van der Waals surface area contributed by atoms with Crippen LogP contribution in [-0.4, -0.2) is 6.04 Å². The molecule has 0 saturated carbocycles. The van der Waals surface area contributed by atoms with Gasteiger partial charge < -0.3 is 5.32 Å². The maximum absolute atomic E-state index is 3.45. The summed E-state index contributed by atoms with van der Waals surface area (Å²) in [4.78, 5) is 0. The Kier molecular flexibility index (Phi) is 6.01. The predicted molar refractivity (Wildman–Crippen MR) is 92.5 cm³/mol. The summed E-state index contributed by atoms with van der Waals surface area (Å²) in [6.45, 7) is 7.53. The number of nitrogens with one attached hydrogen (secondary N) is 1. The molecule has 0 aliphatic heterocycles. The fourth-order valence-electron chi connectivity index (χ4n) is 2.38. The van der Waals surface area contributed by atoms with E-state index in [4.69, 9.17) is 0 Å². The van der Waals surface area contributed by atoms with Gasteiger partial charge in [0.15, 0.2) is 0 Å². The number of unbranched alkanes of at least 4 members (excludes halogenated alkanes) is 1. The Morgan fingerprint density at radius 2 is 1.33 bits per heavy atom. The van der Waals surface area contributed by atoms with Crippen LogP contribution in [0.15, 0.2) is 48.5 Å². The number of hydrogen-bond donors (Lipinski definition) is 1. The summed E-state index contributed by atoms with van der Waals surface area (Å²) in [5, 5.41) is 3.45. The minimum atomic E-state index is 0.528. The van der Waals surface area contributed by atoms with Gasteiger partial charge in [0, 0.05) is 12.6 Å². The highest BCUT2D eigenvalue weighted by molar-refractivity contribution is 5.63. The summed E-state index contributed by atoms with van der Waals surface area (Å²) in [5.41, 5.74) is 5.38. The minimum absolute atomic E-state index is 0.528. The third-order valence-electron chi connectivity index (χ3n) is 3.77. The molecule has 0 radical (unpaired) electrons. The number of hydrogen-bond acceptors (Lipinski definition) is 1. The van der Waals surface area contributed by atoms with Gasteiger partial charge in [0.05, 0.1) is 0 Å². The van der Waals surface area contributed by atoms with E-state index in [1.54, 1.807) is 0 Å². The molecular weight excluding hydrogens is 254 g/mol. The van der Waals surface area contributed by atoms with E-state index < -0.39 is 0 Å². The lowest BCUT2D eigenvalue weighted by atomic mass is 10.0. The normalized spacial score (nSPS) is 11.0. The highest BCUT2D eigenvalue weighted by Gasteiger charge is 2.00. The van der Waals surface area contributed by atoms with E-state index >= 15 is 0 Å². The number of rotatable bonds is 7. The summed E-state index contributed by atoms with van der Waals surface area (Å²) >= 11 is 0. The first-order chi connectivity index (χ1) is 10.2. The van der Waals surface area contributed by atoms with Gasteiger partial charge in [-0.25, -0.2) is 0 Å². The fraction of sp³-hybridized carbons (Fsp3) is 0.400. The van der Waals surface area contributed by atoms with Crippen molar-refractivity contribution in [3.05, 3.63) is 59.7 Å². The molecule has 0 fully saturated rings. The molecule has 0 spiro atoms. The fourth-order valence-corrected chi connectivity index (χ4v) is 2.38. The van der Waals surface area contributed by atoms with Crippen molar-refractivity contribution in [3.63, 3.8) is 0 Å². The van der Waals surface area contributed by atoms with Gasteiger partial charge in [-0.1, -0.05) is 75.7 Å². The van der Waals surface area contributed by atoms with Crippen LogP contribution in [-0.2, 0) is 13.0 Å². The van der Waals surface area contributed by atoms with Crippen molar-refractivity contribution in [2.75, 3.05) is 0 Å². The lowest BCUT2D eigenvalue weighted by Crippen LogP contribution is -2.21. The van der Waals surface area contributed by atoms with Gasteiger partial charge in [-0.2, -0.15) is 0 Å². The quantitative estimate of drug-likeness (QED) is 0.736. The second-order valence-corrected chi connectivity index (χ2v) is 6.03. The molecule has 0 unspecified atom stereocenters. The zero-order valence-electron chi connectivity index (χ0n) is 13.5. The molecule has 0 heterocycles. The standard InChI is InChI=1S/C20H27N/c1-4-5-6-17-7-11-19(12-8-17)20-13-9-18(10-14-20)15-21-16(2)3/h7-14,16,21H,4-6,15H2,1-3H3. The summed E-state index contributed by atoms with van der Waals surface area (Å²) in [5.74, 6) is 0. The molecule has 0 amide bonds. The molecule has 2 rings (SSSR count). The molecule has 0 aliphatic carbocycles. The Labute approximate surface area is 129 Å². The first kappa shape index (κ1) is 15.8. The van der Waals surface area contributed by atoms with E-state index in [0.29, 0.717) is 6.04 Å². The minimum Gasteiger partial charge on any atom is -0.310 e. The monoisotopic (exact) mass is 281 g/mol. The molecule has 112 valence electrons. The average molecular weight is 281 g/mol. The van der Waals surface area contributed by atoms with Crippen molar-refractivity contribution in [2.24, 2.45) is 0 Å². The highest BCUT2D eigenvalue weighted by Crippen LogP contribution is 2.21. The van der Waals surface area contributed by atoms with Crippen molar-refractivity contribution < 1.29 is 0 Å². The Morgan fingerprint density at radius 3 is 1.81 bits per heavy atom. The molecule has 0 saturated heterocycles. The summed E-state index contributed by atoms with van der Waals surface area (Å²) in [6, 6.07) is 18.4. The van der Waals surface area contributed by atoms with Crippen molar-refractivity contribution in [3.8, 4) is 11.1 Å². The van der Waals surface area contributed by atoms with Crippen LogP contribution in [0, 0.1) is 0 Å². The van der Waals surface area contributed by atoms with E-state index in [1.165, 1.54) is 41.5 Å². The van der Waals surface area contributed by atoms with Crippen LogP contribution in [0.4, 0.5) is 0 Å².